The Kier molecular flexibility index (Phi) is 2.02. The van der Waals surface area contributed by atoms with Gasteiger partial charge in [0.05, 0.1) is 6.61 Å². The maximum atomic E-state index is 10.6. The molecule has 3 heteroatoms. The molecule has 0 bridgehead atoms. The predicted octanol–water partition coefficient (Wildman–Crippen LogP) is 1.67. The van der Waals surface area contributed by atoms with Crippen molar-refractivity contribution in [1.82, 2.24) is 0 Å². The second-order valence-electron chi connectivity index (χ2n) is 2.98. The number of hydrogen-bond acceptors (Lipinski definition) is 3. The van der Waals surface area contributed by atoms with Gasteiger partial charge in [-0.1, -0.05) is 0 Å². The Morgan fingerprint density at radius 3 is 3.08 bits per heavy atom. The molecule has 0 atom stereocenters. The van der Waals surface area contributed by atoms with Crippen molar-refractivity contribution < 1.29 is 14.3 Å². The Hall–Kier alpha value is -1.35. The van der Waals surface area contributed by atoms with Gasteiger partial charge in [0, 0.05) is 11.1 Å². The molecule has 13 heavy (non-hydrogen) atoms. The third kappa shape index (κ3) is 1.31. The molecule has 0 fully saturated rings. The van der Waals surface area contributed by atoms with E-state index >= 15 is 0 Å². The van der Waals surface area contributed by atoms with E-state index in [4.69, 9.17) is 9.47 Å². The first kappa shape index (κ1) is 8.26. The number of hydrogen-bond donors (Lipinski definition) is 0. The largest absolute Gasteiger partial charge is 0.467 e. The summed E-state index contributed by atoms with van der Waals surface area (Å²) in [5.74, 6) is 0.828. The van der Waals surface area contributed by atoms with Crippen LogP contribution in [0.3, 0.4) is 0 Å². The number of fused-ring (bicyclic) bond motifs is 1. The van der Waals surface area contributed by atoms with Crippen LogP contribution in [0.15, 0.2) is 12.1 Å². The molecule has 0 spiro atoms. The van der Waals surface area contributed by atoms with Crippen LogP contribution >= 0.6 is 0 Å². The first-order valence-corrected chi connectivity index (χ1v) is 4.11. The van der Waals surface area contributed by atoms with Crippen LogP contribution in [0.1, 0.15) is 21.5 Å². The van der Waals surface area contributed by atoms with Crippen molar-refractivity contribution in [3.8, 4) is 5.75 Å². The summed E-state index contributed by atoms with van der Waals surface area (Å²) in [6.45, 7) is 2.73. The Morgan fingerprint density at radius 1 is 1.46 bits per heavy atom. The summed E-state index contributed by atoms with van der Waals surface area (Å²) >= 11 is 0. The van der Waals surface area contributed by atoms with Crippen LogP contribution in [-0.2, 0) is 11.3 Å². The molecule has 1 aliphatic heterocycles. The fourth-order valence-corrected chi connectivity index (χ4v) is 1.44. The second-order valence-corrected chi connectivity index (χ2v) is 2.98. The van der Waals surface area contributed by atoms with Crippen LogP contribution in [0, 0.1) is 6.92 Å². The van der Waals surface area contributed by atoms with Gasteiger partial charge in [0.25, 0.3) is 0 Å². The summed E-state index contributed by atoms with van der Waals surface area (Å²) in [5, 5.41) is 0. The lowest BCUT2D eigenvalue weighted by Gasteiger charge is -2.19. The summed E-state index contributed by atoms with van der Waals surface area (Å²) < 4.78 is 10.4. The van der Waals surface area contributed by atoms with E-state index < -0.39 is 0 Å². The Labute approximate surface area is 76.3 Å². The van der Waals surface area contributed by atoms with Crippen molar-refractivity contribution in [3.05, 3.63) is 28.8 Å². The fraction of sp³-hybridized carbons (Fsp3) is 0.300. The van der Waals surface area contributed by atoms with Crippen LogP contribution in [0.4, 0.5) is 0 Å². The minimum absolute atomic E-state index is 0.298. The molecule has 1 aromatic carbocycles. The maximum absolute atomic E-state index is 10.6. The Bertz CT molecular complexity index is 344. The van der Waals surface area contributed by atoms with Crippen molar-refractivity contribution in [3.63, 3.8) is 0 Å². The number of benzene rings is 1. The quantitative estimate of drug-likeness (QED) is 0.613. The maximum Gasteiger partial charge on any atom is 0.189 e. The summed E-state index contributed by atoms with van der Waals surface area (Å²) in [6, 6.07) is 3.58. The normalized spacial score (nSPS) is 14.5. The highest BCUT2D eigenvalue weighted by atomic mass is 16.7. The first-order valence-electron chi connectivity index (χ1n) is 4.11. The van der Waals surface area contributed by atoms with Gasteiger partial charge in [-0.05, 0) is 24.6 Å². The van der Waals surface area contributed by atoms with Gasteiger partial charge in [-0.25, -0.2) is 0 Å². The lowest BCUT2D eigenvalue weighted by molar-refractivity contribution is -0.0167. The van der Waals surface area contributed by atoms with Crippen LogP contribution in [0.5, 0.6) is 5.75 Å². The molecule has 1 aromatic rings. The van der Waals surface area contributed by atoms with Crippen LogP contribution in [0.25, 0.3) is 0 Å². The van der Waals surface area contributed by atoms with Gasteiger partial charge in [0.1, 0.15) is 12.0 Å². The van der Waals surface area contributed by atoms with E-state index in [1.165, 1.54) is 0 Å². The smallest absolute Gasteiger partial charge is 0.189 e. The molecule has 0 N–H and O–H groups in total. The van der Waals surface area contributed by atoms with E-state index in [0.717, 1.165) is 23.2 Å². The molecule has 3 nitrogen and oxygen atoms in total. The Morgan fingerprint density at radius 2 is 2.31 bits per heavy atom. The molecule has 0 amide bonds. The Balaban J connectivity index is 2.54. The lowest BCUT2D eigenvalue weighted by atomic mass is 10.0. The average molecular weight is 178 g/mol. The number of ether oxygens (including phenoxy) is 2. The molecule has 0 radical (unpaired) electrons. The van der Waals surface area contributed by atoms with Crippen molar-refractivity contribution in [2.45, 2.75) is 13.5 Å². The summed E-state index contributed by atoms with van der Waals surface area (Å²) in [5.41, 5.74) is 2.64. The highest BCUT2D eigenvalue weighted by molar-refractivity contribution is 5.78. The molecule has 2 rings (SSSR count). The minimum atomic E-state index is 0.298. The van der Waals surface area contributed by atoms with Crippen molar-refractivity contribution in [2.24, 2.45) is 0 Å². The minimum Gasteiger partial charge on any atom is -0.467 e. The van der Waals surface area contributed by atoms with E-state index in [2.05, 4.69) is 0 Å². The highest BCUT2D eigenvalue weighted by Gasteiger charge is 2.14. The second kappa shape index (κ2) is 3.18. The van der Waals surface area contributed by atoms with Crippen molar-refractivity contribution in [2.75, 3.05) is 6.79 Å². The molecule has 1 aliphatic rings. The molecule has 0 saturated carbocycles. The van der Waals surface area contributed by atoms with Gasteiger partial charge in [0.15, 0.2) is 6.79 Å². The molecule has 1 heterocycles. The molecular weight excluding hydrogens is 168 g/mol. The summed E-state index contributed by atoms with van der Waals surface area (Å²) in [4.78, 5) is 10.6. The number of carbonyl (C=O) groups is 1. The molecular formula is C10H10O3. The lowest BCUT2D eigenvalue weighted by Crippen LogP contribution is -2.13. The number of rotatable bonds is 1. The molecule has 0 saturated heterocycles. The van der Waals surface area contributed by atoms with E-state index in [1.54, 1.807) is 6.07 Å². The highest BCUT2D eigenvalue weighted by Crippen LogP contribution is 2.27. The van der Waals surface area contributed by atoms with Crippen LogP contribution in [0.2, 0.25) is 0 Å². The first-order chi connectivity index (χ1) is 6.33. The molecule has 0 aromatic heterocycles. The zero-order chi connectivity index (χ0) is 9.26. The third-order valence-electron chi connectivity index (χ3n) is 2.27. The van der Waals surface area contributed by atoms with Gasteiger partial charge >= 0.3 is 0 Å². The fourth-order valence-electron chi connectivity index (χ4n) is 1.44. The van der Waals surface area contributed by atoms with Crippen molar-refractivity contribution >= 4 is 6.29 Å². The van der Waals surface area contributed by atoms with E-state index in [-0.39, 0.29) is 0 Å². The number of carbonyl (C=O) groups excluding carboxylic acids is 1. The predicted molar refractivity (Wildman–Crippen MR) is 46.9 cm³/mol. The van der Waals surface area contributed by atoms with Gasteiger partial charge in [-0.2, -0.15) is 0 Å². The standard InChI is InChI=1S/C10H10O3/c1-7-8(4-11)2-3-10-9(7)5-12-6-13-10/h2-4H,5-6H2,1H3. The van der Waals surface area contributed by atoms with E-state index in [9.17, 15) is 4.79 Å². The number of aldehydes is 1. The molecule has 68 valence electrons. The zero-order valence-electron chi connectivity index (χ0n) is 7.37. The summed E-state index contributed by atoms with van der Waals surface area (Å²) in [6.07, 6.45) is 0.851. The third-order valence-corrected chi connectivity index (χ3v) is 2.27. The van der Waals surface area contributed by atoms with Gasteiger partial charge in [-0.3, -0.25) is 4.79 Å². The molecule has 0 aliphatic carbocycles. The van der Waals surface area contributed by atoms with Gasteiger partial charge in [0.2, 0.25) is 0 Å². The van der Waals surface area contributed by atoms with Gasteiger partial charge < -0.3 is 9.47 Å². The van der Waals surface area contributed by atoms with Crippen LogP contribution < -0.4 is 4.74 Å². The van der Waals surface area contributed by atoms with E-state index in [0.29, 0.717) is 19.0 Å². The molecule has 0 unspecified atom stereocenters. The van der Waals surface area contributed by atoms with Crippen LogP contribution in [-0.4, -0.2) is 13.1 Å². The average Bonchev–Trinajstić information content (AvgIpc) is 2.19. The topological polar surface area (TPSA) is 35.5 Å². The summed E-state index contributed by atoms with van der Waals surface area (Å²) in [7, 11) is 0. The van der Waals surface area contributed by atoms with Gasteiger partial charge in [-0.15, -0.1) is 0 Å². The monoisotopic (exact) mass is 178 g/mol. The zero-order valence-corrected chi connectivity index (χ0v) is 7.37. The van der Waals surface area contributed by atoms with E-state index in [1.807, 2.05) is 13.0 Å². The SMILES string of the molecule is Cc1c(C=O)ccc2c1COCO2. The van der Waals surface area contributed by atoms with Crippen molar-refractivity contribution in [1.29, 1.82) is 0 Å².